The molecule has 1 aliphatic heterocycles. The summed E-state index contributed by atoms with van der Waals surface area (Å²) < 4.78 is 6.98. The molecule has 1 aliphatic rings. The third kappa shape index (κ3) is 3.26. The minimum atomic E-state index is -0.208. The number of carbonyl (C=O) groups excluding carboxylic acids is 1. The van der Waals surface area contributed by atoms with E-state index in [-0.39, 0.29) is 23.2 Å². The SMILES string of the molecule is O=C(c1cc(-c2cccnc2)on1)N1CCC[C@@H](n2cnc3ccccc3c2=O)C1. The van der Waals surface area contributed by atoms with Gasteiger partial charge in [0.05, 0.1) is 23.3 Å². The van der Waals surface area contributed by atoms with Gasteiger partial charge in [0.15, 0.2) is 11.5 Å². The fourth-order valence-electron chi connectivity index (χ4n) is 3.89. The van der Waals surface area contributed by atoms with Crippen LogP contribution in [0.5, 0.6) is 0 Å². The van der Waals surface area contributed by atoms with Crippen LogP contribution in [-0.2, 0) is 0 Å². The van der Waals surface area contributed by atoms with Crippen molar-refractivity contribution in [1.82, 2.24) is 24.6 Å². The first kappa shape index (κ1) is 18.2. The largest absolute Gasteiger partial charge is 0.355 e. The van der Waals surface area contributed by atoms with E-state index < -0.39 is 0 Å². The molecule has 1 saturated heterocycles. The van der Waals surface area contributed by atoms with Gasteiger partial charge in [-0.1, -0.05) is 17.3 Å². The summed E-state index contributed by atoms with van der Waals surface area (Å²) in [5.41, 5.74) is 1.60. The Morgan fingerprint density at radius 3 is 2.93 bits per heavy atom. The van der Waals surface area contributed by atoms with Crippen molar-refractivity contribution in [1.29, 1.82) is 0 Å². The molecule has 1 aromatic carbocycles. The molecule has 0 N–H and O–H groups in total. The molecule has 8 heteroatoms. The predicted molar refractivity (Wildman–Crippen MR) is 110 cm³/mol. The van der Waals surface area contributed by atoms with Crippen molar-refractivity contribution in [2.24, 2.45) is 0 Å². The number of amides is 1. The van der Waals surface area contributed by atoms with E-state index in [9.17, 15) is 9.59 Å². The number of nitrogens with zero attached hydrogens (tertiary/aromatic N) is 5. The van der Waals surface area contributed by atoms with Crippen LogP contribution < -0.4 is 5.56 Å². The van der Waals surface area contributed by atoms with Gasteiger partial charge >= 0.3 is 0 Å². The lowest BCUT2D eigenvalue weighted by atomic mass is 10.0. The molecule has 1 fully saturated rings. The highest BCUT2D eigenvalue weighted by Crippen LogP contribution is 2.24. The molecule has 30 heavy (non-hydrogen) atoms. The van der Waals surface area contributed by atoms with Gasteiger partial charge in [-0.15, -0.1) is 0 Å². The summed E-state index contributed by atoms with van der Waals surface area (Å²) in [5.74, 6) is 0.287. The van der Waals surface area contributed by atoms with Crippen LogP contribution >= 0.6 is 0 Å². The number of benzene rings is 1. The fourth-order valence-corrected chi connectivity index (χ4v) is 3.89. The van der Waals surface area contributed by atoms with Crippen molar-refractivity contribution < 1.29 is 9.32 Å². The molecular weight excluding hydrogens is 382 g/mol. The number of likely N-dealkylation sites (tertiary alicyclic amines) is 1. The second-order valence-corrected chi connectivity index (χ2v) is 7.34. The highest BCUT2D eigenvalue weighted by molar-refractivity contribution is 5.93. The summed E-state index contributed by atoms with van der Waals surface area (Å²) in [6.07, 6.45) is 6.51. The number of rotatable bonds is 3. The summed E-state index contributed by atoms with van der Waals surface area (Å²) in [7, 11) is 0. The summed E-state index contributed by atoms with van der Waals surface area (Å²) in [6.45, 7) is 1.04. The Morgan fingerprint density at radius 2 is 2.07 bits per heavy atom. The molecule has 4 aromatic rings. The molecule has 150 valence electrons. The Labute approximate surface area is 171 Å². The summed E-state index contributed by atoms with van der Waals surface area (Å²) in [4.78, 5) is 36.1. The first-order chi connectivity index (χ1) is 14.7. The molecule has 3 aromatic heterocycles. The first-order valence-electron chi connectivity index (χ1n) is 9.83. The van der Waals surface area contributed by atoms with E-state index in [0.29, 0.717) is 29.8 Å². The van der Waals surface area contributed by atoms with E-state index in [1.54, 1.807) is 46.4 Å². The van der Waals surface area contributed by atoms with Crippen molar-refractivity contribution in [3.05, 3.63) is 77.2 Å². The first-order valence-corrected chi connectivity index (χ1v) is 9.83. The maximum Gasteiger partial charge on any atom is 0.276 e. The Hall–Kier alpha value is -3.81. The topological polar surface area (TPSA) is 94.1 Å². The number of carbonyl (C=O) groups is 1. The zero-order chi connectivity index (χ0) is 20.5. The van der Waals surface area contributed by atoms with Crippen molar-refractivity contribution in [3.63, 3.8) is 0 Å². The number of aromatic nitrogens is 4. The quantitative estimate of drug-likeness (QED) is 0.524. The van der Waals surface area contributed by atoms with Gasteiger partial charge in [0.2, 0.25) is 0 Å². The van der Waals surface area contributed by atoms with Gasteiger partial charge in [-0.2, -0.15) is 0 Å². The number of pyridine rings is 1. The average molecular weight is 401 g/mol. The molecule has 0 aliphatic carbocycles. The summed E-state index contributed by atoms with van der Waals surface area (Å²) in [5, 5.41) is 4.53. The van der Waals surface area contributed by atoms with Crippen LogP contribution in [0.4, 0.5) is 0 Å². The number of hydrogen-bond donors (Lipinski definition) is 0. The van der Waals surface area contributed by atoms with Crippen LogP contribution in [0.25, 0.3) is 22.2 Å². The number of fused-ring (bicyclic) bond motifs is 1. The van der Waals surface area contributed by atoms with Crippen molar-refractivity contribution in [2.45, 2.75) is 18.9 Å². The molecule has 0 spiro atoms. The highest BCUT2D eigenvalue weighted by atomic mass is 16.5. The molecule has 4 heterocycles. The number of para-hydroxylation sites is 1. The maximum atomic E-state index is 13.0. The van der Waals surface area contributed by atoms with Gasteiger partial charge in [0.1, 0.15) is 0 Å². The lowest BCUT2D eigenvalue weighted by Crippen LogP contribution is -2.43. The van der Waals surface area contributed by atoms with Crippen LogP contribution in [0.3, 0.4) is 0 Å². The average Bonchev–Trinajstić information content (AvgIpc) is 3.30. The highest BCUT2D eigenvalue weighted by Gasteiger charge is 2.28. The maximum absolute atomic E-state index is 13.0. The molecule has 0 saturated carbocycles. The van der Waals surface area contributed by atoms with Crippen molar-refractivity contribution in [2.75, 3.05) is 13.1 Å². The normalized spacial score (nSPS) is 16.7. The molecule has 8 nitrogen and oxygen atoms in total. The summed E-state index contributed by atoms with van der Waals surface area (Å²) in [6, 6.07) is 12.4. The number of piperidine rings is 1. The monoisotopic (exact) mass is 401 g/mol. The lowest BCUT2D eigenvalue weighted by molar-refractivity contribution is 0.0667. The van der Waals surface area contributed by atoms with E-state index in [1.165, 1.54) is 0 Å². The van der Waals surface area contributed by atoms with Crippen LogP contribution in [0.1, 0.15) is 29.4 Å². The van der Waals surface area contributed by atoms with E-state index in [4.69, 9.17) is 4.52 Å². The van der Waals surface area contributed by atoms with Crippen LogP contribution in [0, 0.1) is 0 Å². The Morgan fingerprint density at radius 1 is 1.17 bits per heavy atom. The minimum Gasteiger partial charge on any atom is -0.355 e. The van der Waals surface area contributed by atoms with E-state index in [2.05, 4.69) is 15.1 Å². The van der Waals surface area contributed by atoms with Gasteiger partial charge < -0.3 is 9.42 Å². The van der Waals surface area contributed by atoms with E-state index in [0.717, 1.165) is 18.4 Å². The molecule has 5 rings (SSSR count). The second-order valence-electron chi connectivity index (χ2n) is 7.34. The van der Waals surface area contributed by atoms with Crippen LogP contribution in [-0.4, -0.2) is 43.6 Å². The smallest absolute Gasteiger partial charge is 0.276 e. The summed E-state index contributed by atoms with van der Waals surface area (Å²) >= 11 is 0. The standard InChI is InChI=1S/C22H19N5O3/c28-21-17-7-1-2-8-18(17)24-14-27(21)16-6-4-10-26(13-16)22(29)19-11-20(30-25-19)15-5-3-9-23-12-15/h1-3,5,7-9,11-12,14,16H,4,6,10,13H2/t16-/m1/s1. The van der Waals surface area contributed by atoms with Crippen molar-refractivity contribution >= 4 is 16.8 Å². The molecule has 0 radical (unpaired) electrons. The van der Waals surface area contributed by atoms with Crippen molar-refractivity contribution in [3.8, 4) is 11.3 Å². The zero-order valence-electron chi connectivity index (χ0n) is 16.1. The minimum absolute atomic E-state index is 0.0831. The van der Waals surface area contributed by atoms with Gasteiger partial charge in [0.25, 0.3) is 11.5 Å². The Bertz CT molecular complexity index is 1260. The Kier molecular flexibility index (Phi) is 4.59. The van der Waals surface area contributed by atoms with Gasteiger partial charge in [-0.3, -0.25) is 19.1 Å². The third-order valence-electron chi connectivity index (χ3n) is 5.44. The Balaban J connectivity index is 1.38. The number of hydrogen-bond acceptors (Lipinski definition) is 6. The fraction of sp³-hybridized carbons (Fsp3) is 0.227. The third-order valence-corrected chi connectivity index (χ3v) is 5.44. The molecule has 0 unspecified atom stereocenters. The molecule has 1 amide bonds. The van der Waals surface area contributed by atoms with Gasteiger partial charge in [-0.25, -0.2) is 4.98 Å². The second kappa shape index (κ2) is 7.55. The van der Waals surface area contributed by atoms with Gasteiger partial charge in [0, 0.05) is 37.1 Å². The lowest BCUT2D eigenvalue weighted by Gasteiger charge is -2.33. The van der Waals surface area contributed by atoms with Crippen LogP contribution in [0.2, 0.25) is 0 Å². The molecule has 1 atom stereocenters. The van der Waals surface area contributed by atoms with E-state index >= 15 is 0 Å². The van der Waals surface area contributed by atoms with Gasteiger partial charge in [-0.05, 0) is 37.1 Å². The predicted octanol–water partition coefficient (Wildman–Crippen LogP) is 2.92. The van der Waals surface area contributed by atoms with E-state index in [1.807, 2.05) is 24.3 Å². The zero-order valence-corrected chi connectivity index (χ0v) is 16.1. The molecular formula is C22H19N5O3. The van der Waals surface area contributed by atoms with Crippen LogP contribution in [0.15, 0.2) is 70.5 Å². The molecule has 0 bridgehead atoms.